The van der Waals surface area contributed by atoms with Crippen molar-refractivity contribution in [2.24, 2.45) is 5.73 Å². The van der Waals surface area contributed by atoms with Crippen LogP contribution in [0.4, 0.5) is 5.69 Å². The van der Waals surface area contributed by atoms with E-state index in [9.17, 15) is 4.79 Å². The van der Waals surface area contributed by atoms with Crippen LogP contribution < -0.4 is 11.1 Å². The van der Waals surface area contributed by atoms with Gasteiger partial charge >= 0.3 is 0 Å². The zero-order valence-electron chi connectivity index (χ0n) is 10.4. The number of rotatable bonds is 4. The summed E-state index contributed by atoms with van der Waals surface area (Å²) in [7, 11) is 0. The number of para-hydroxylation sites is 1. The number of anilines is 1. The minimum atomic E-state index is -0.468. The molecule has 0 aliphatic rings. The molecule has 2 rings (SSSR count). The van der Waals surface area contributed by atoms with E-state index in [0.29, 0.717) is 0 Å². The molecule has 4 heteroatoms. The number of nitrogens with one attached hydrogen (secondary N) is 1. The summed E-state index contributed by atoms with van der Waals surface area (Å²) >= 11 is 1.59. The van der Waals surface area contributed by atoms with E-state index in [4.69, 9.17) is 5.73 Å². The third kappa shape index (κ3) is 2.71. The number of hydrogen-bond donors (Lipinski definition) is 2. The Morgan fingerprint density at radius 3 is 2.50 bits per heavy atom. The Morgan fingerprint density at radius 1 is 1.22 bits per heavy atom. The monoisotopic (exact) mass is 260 g/mol. The van der Waals surface area contributed by atoms with Crippen LogP contribution in [0.2, 0.25) is 0 Å². The van der Waals surface area contributed by atoms with Crippen LogP contribution >= 0.6 is 11.3 Å². The summed E-state index contributed by atoms with van der Waals surface area (Å²) in [6, 6.07) is 11.3. The zero-order chi connectivity index (χ0) is 13.1. The Balaban J connectivity index is 2.28. The van der Waals surface area contributed by atoms with Gasteiger partial charge in [0.15, 0.2) is 0 Å². The number of carbonyl (C=O) groups excluding carboxylic acids is 1. The highest BCUT2D eigenvalue weighted by Gasteiger charge is 2.19. The van der Waals surface area contributed by atoms with Gasteiger partial charge < -0.3 is 11.1 Å². The molecule has 2 aromatic rings. The molecule has 1 amide bonds. The second-order valence-corrected chi connectivity index (χ2v) is 5.56. The van der Waals surface area contributed by atoms with Crippen LogP contribution in [-0.2, 0) is 4.79 Å². The van der Waals surface area contributed by atoms with Crippen LogP contribution in [0.5, 0.6) is 0 Å². The van der Waals surface area contributed by atoms with Crippen molar-refractivity contribution in [3.63, 3.8) is 0 Å². The van der Waals surface area contributed by atoms with E-state index in [1.807, 2.05) is 50.2 Å². The van der Waals surface area contributed by atoms with Crippen LogP contribution in [0.1, 0.15) is 21.4 Å². The summed E-state index contributed by atoms with van der Waals surface area (Å²) in [6.07, 6.45) is 0. The lowest BCUT2D eigenvalue weighted by Gasteiger charge is -2.16. The van der Waals surface area contributed by atoms with Gasteiger partial charge in [0.05, 0.1) is 0 Å². The third-order valence-corrected chi connectivity index (χ3v) is 3.84. The lowest BCUT2D eigenvalue weighted by Crippen LogP contribution is -2.27. The van der Waals surface area contributed by atoms with Gasteiger partial charge in [-0.15, -0.1) is 11.3 Å². The van der Waals surface area contributed by atoms with Crippen molar-refractivity contribution in [2.45, 2.75) is 19.9 Å². The highest BCUT2D eigenvalue weighted by atomic mass is 32.1. The Bertz CT molecular complexity index is 562. The van der Waals surface area contributed by atoms with Crippen molar-refractivity contribution >= 4 is 22.9 Å². The fourth-order valence-corrected chi connectivity index (χ4v) is 2.72. The number of thiophene rings is 1. The second kappa shape index (κ2) is 5.23. The zero-order valence-corrected chi connectivity index (χ0v) is 11.3. The Labute approximate surface area is 111 Å². The maximum absolute atomic E-state index is 11.6. The average molecular weight is 260 g/mol. The van der Waals surface area contributed by atoms with E-state index in [2.05, 4.69) is 5.32 Å². The first-order valence-electron chi connectivity index (χ1n) is 5.76. The summed E-state index contributed by atoms with van der Waals surface area (Å²) in [5, 5.41) is 3.21. The number of benzene rings is 1. The molecule has 0 saturated carbocycles. The standard InChI is InChI=1S/C14H16N2OS/c1-9-5-3-4-6-11(9)16-13(14(15)17)12-8-7-10(2)18-12/h3-8,13,16H,1-2H3,(H2,15,17). The molecule has 0 spiro atoms. The smallest absolute Gasteiger partial charge is 0.245 e. The summed E-state index contributed by atoms with van der Waals surface area (Å²) in [6.45, 7) is 4.01. The molecule has 3 nitrogen and oxygen atoms in total. The van der Waals surface area contributed by atoms with E-state index >= 15 is 0 Å². The van der Waals surface area contributed by atoms with Crippen LogP contribution in [0.15, 0.2) is 36.4 Å². The first-order chi connectivity index (χ1) is 8.58. The topological polar surface area (TPSA) is 55.1 Å². The quantitative estimate of drug-likeness (QED) is 0.888. The molecule has 0 aliphatic carbocycles. The van der Waals surface area contributed by atoms with Crippen LogP contribution in [0.3, 0.4) is 0 Å². The minimum absolute atomic E-state index is 0.361. The van der Waals surface area contributed by atoms with Crippen LogP contribution in [-0.4, -0.2) is 5.91 Å². The maximum Gasteiger partial charge on any atom is 0.245 e. The lowest BCUT2D eigenvalue weighted by atomic mass is 10.1. The van der Waals surface area contributed by atoms with Gasteiger partial charge in [0.1, 0.15) is 6.04 Å². The largest absolute Gasteiger partial charge is 0.369 e. The van der Waals surface area contributed by atoms with Gasteiger partial charge in [-0.1, -0.05) is 18.2 Å². The molecule has 1 unspecified atom stereocenters. The summed E-state index contributed by atoms with van der Waals surface area (Å²) in [4.78, 5) is 13.7. The normalized spacial score (nSPS) is 12.1. The fourth-order valence-electron chi connectivity index (χ4n) is 1.78. The number of aryl methyl sites for hydroxylation is 2. The van der Waals surface area contributed by atoms with Crippen LogP contribution in [0.25, 0.3) is 0 Å². The molecule has 0 bridgehead atoms. The average Bonchev–Trinajstić information content (AvgIpc) is 2.74. The molecule has 94 valence electrons. The molecular formula is C14H16N2OS. The van der Waals surface area contributed by atoms with Crippen LogP contribution in [0, 0.1) is 13.8 Å². The molecule has 1 aromatic carbocycles. The highest BCUT2D eigenvalue weighted by molar-refractivity contribution is 7.12. The van der Waals surface area contributed by atoms with E-state index < -0.39 is 6.04 Å². The molecule has 0 fully saturated rings. The van der Waals surface area contributed by atoms with E-state index in [1.54, 1.807) is 11.3 Å². The van der Waals surface area contributed by atoms with Gasteiger partial charge in [0.25, 0.3) is 0 Å². The van der Waals surface area contributed by atoms with Gasteiger partial charge in [-0.25, -0.2) is 0 Å². The van der Waals surface area contributed by atoms with Gasteiger partial charge in [-0.05, 0) is 37.6 Å². The summed E-state index contributed by atoms with van der Waals surface area (Å²) in [5.74, 6) is -0.361. The number of amides is 1. The van der Waals surface area contributed by atoms with Gasteiger partial charge in [0, 0.05) is 15.4 Å². The van der Waals surface area contributed by atoms with Gasteiger partial charge in [-0.3, -0.25) is 4.79 Å². The van der Waals surface area contributed by atoms with Crippen molar-refractivity contribution < 1.29 is 4.79 Å². The molecular weight excluding hydrogens is 244 g/mol. The first-order valence-corrected chi connectivity index (χ1v) is 6.57. The minimum Gasteiger partial charge on any atom is -0.369 e. The van der Waals surface area contributed by atoms with E-state index in [-0.39, 0.29) is 5.91 Å². The Hall–Kier alpha value is -1.81. The van der Waals surface area contributed by atoms with Crippen molar-refractivity contribution in [3.8, 4) is 0 Å². The summed E-state index contributed by atoms with van der Waals surface area (Å²) in [5.41, 5.74) is 7.51. The molecule has 0 aliphatic heterocycles. The van der Waals surface area contributed by atoms with Gasteiger partial charge in [0.2, 0.25) is 5.91 Å². The van der Waals surface area contributed by atoms with Crippen molar-refractivity contribution in [3.05, 3.63) is 51.7 Å². The third-order valence-electron chi connectivity index (χ3n) is 2.78. The molecule has 1 aromatic heterocycles. The number of carbonyl (C=O) groups is 1. The Morgan fingerprint density at radius 2 is 1.94 bits per heavy atom. The number of hydrogen-bond acceptors (Lipinski definition) is 3. The molecule has 18 heavy (non-hydrogen) atoms. The fraction of sp³-hybridized carbons (Fsp3) is 0.214. The van der Waals surface area contributed by atoms with Crippen molar-refractivity contribution in [2.75, 3.05) is 5.32 Å². The first kappa shape index (κ1) is 12.6. The molecule has 0 saturated heterocycles. The lowest BCUT2D eigenvalue weighted by molar-refractivity contribution is -0.118. The molecule has 1 atom stereocenters. The predicted molar refractivity (Wildman–Crippen MR) is 75.8 cm³/mol. The SMILES string of the molecule is Cc1ccc(C(Nc2ccccc2C)C(N)=O)s1. The Kier molecular flexibility index (Phi) is 3.67. The molecule has 3 N–H and O–H groups in total. The van der Waals surface area contributed by atoms with Crippen molar-refractivity contribution in [1.82, 2.24) is 0 Å². The maximum atomic E-state index is 11.6. The highest BCUT2D eigenvalue weighted by Crippen LogP contribution is 2.27. The predicted octanol–water partition coefficient (Wildman–Crippen LogP) is 3.00. The summed E-state index contributed by atoms with van der Waals surface area (Å²) < 4.78 is 0. The molecule has 0 radical (unpaired) electrons. The van der Waals surface area contributed by atoms with E-state index in [0.717, 1.165) is 16.1 Å². The van der Waals surface area contributed by atoms with Gasteiger partial charge in [-0.2, -0.15) is 0 Å². The number of nitrogens with two attached hydrogens (primary N) is 1. The second-order valence-electron chi connectivity index (χ2n) is 4.24. The number of primary amides is 1. The molecule has 1 heterocycles. The van der Waals surface area contributed by atoms with E-state index in [1.165, 1.54) is 4.88 Å². The van der Waals surface area contributed by atoms with Crippen molar-refractivity contribution in [1.29, 1.82) is 0 Å².